The molecular formula is C16H29N. The van der Waals surface area contributed by atoms with Crippen LogP contribution in [-0.2, 0) is 0 Å². The number of unbranched alkanes of at least 4 members (excludes halogenated alkanes) is 1. The van der Waals surface area contributed by atoms with E-state index in [0.29, 0.717) is 0 Å². The zero-order chi connectivity index (χ0) is 11.9. The fourth-order valence-electron chi connectivity index (χ4n) is 3.40. The maximum atomic E-state index is 2.79. The van der Waals surface area contributed by atoms with Crippen molar-refractivity contribution >= 4 is 0 Å². The monoisotopic (exact) mass is 235 g/mol. The predicted molar refractivity (Wildman–Crippen MR) is 75.3 cm³/mol. The first-order valence-electron chi connectivity index (χ1n) is 7.85. The van der Waals surface area contributed by atoms with Crippen molar-refractivity contribution in [2.75, 3.05) is 13.1 Å². The molecule has 0 bridgehead atoms. The summed E-state index contributed by atoms with van der Waals surface area (Å²) in [6.45, 7) is 5.03. The second-order valence-electron chi connectivity index (χ2n) is 5.78. The molecule has 0 aromatic carbocycles. The highest BCUT2D eigenvalue weighted by Gasteiger charge is 2.23. The molecule has 1 fully saturated rings. The summed E-state index contributed by atoms with van der Waals surface area (Å²) in [4.78, 5) is 2.79. The Hall–Kier alpha value is -0.300. The van der Waals surface area contributed by atoms with E-state index in [1.54, 1.807) is 5.57 Å². The average molecular weight is 235 g/mol. The van der Waals surface area contributed by atoms with Crippen LogP contribution >= 0.6 is 0 Å². The van der Waals surface area contributed by atoms with Crippen molar-refractivity contribution in [3.05, 3.63) is 11.6 Å². The quantitative estimate of drug-likeness (QED) is 0.633. The van der Waals surface area contributed by atoms with Crippen molar-refractivity contribution in [1.82, 2.24) is 4.90 Å². The van der Waals surface area contributed by atoms with Crippen molar-refractivity contribution in [2.24, 2.45) is 0 Å². The SMILES string of the molecule is CCCC[C@@H](C1=CCCCC1)N1CCCCC1. The molecular weight excluding hydrogens is 206 g/mol. The molecule has 0 spiro atoms. The summed E-state index contributed by atoms with van der Waals surface area (Å²) in [5.74, 6) is 0. The van der Waals surface area contributed by atoms with E-state index >= 15 is 0 Å². The number of nitrogens with zero attached hydrogens (tertiary/aromatic N) is 1. The summed E-state index contributed by atoms with van der Waals surface area (Å²) < 4.78 is 0. The van der Waals surface area contributed by atoms with E-state index in [0.717, 1.165) is 6.04 Å². The lowest BCUT2D eigenvalue weighted by Crippen LogP contribution is -2.40. The van der Waals surface area contributed by atoms with Crippen LogP contribution in [0.5, 0.6) is 0 Å². The van der Waals surface area contributed by atoms with Crippen molar-refractivity contribution in [3.63, 3.8) is 0 Å². The van der Waals surface area contributed by atoms with Crippen molar-refractivity contribution in [3.8, 4) is 0 Å². The highest BCUT2D eigenvalue weighted by Crippen LogP contribution is 2.28. The fourth-order valence-corrected chi connectivity index (χ4v) is 3.40. The maximum Gasteiger partial charge on any atom is 0.0307 e. The molecule has 1 nitrogen and oxygen atoms in total. The lowest BCUT2D eigenvalue weighted by atomic mass is 9.89. The molecule has 98 valence electrons. The topological polar surface area (TPSA) is 3.24 Å². The third kappa shape index (κ3) is 3.84. The molecule has 0 aromatic rings. The van der Waals surface area contributed by atoms with Gasteiger partial charge in [-0.05, 0) is 58.0 Å². The number of hydrogen-bond acceptors (Lipinski definition) is 1. The van der Waals surface area contributed by atoms with Crippen LogP contribution in [0.1, 0.15) is 71.1 Å². The van der Waals surface area contributed by atoms with E-state index in [1.165, 1.54) is 77.3 Å². The van der Waals surface area contributed by atoms with Gasteiger partial charge in [0.05, 0.1) is 0 Å². The van der Waals surface area contributed by atoms with Gasteiger partial charge in [0.1, 0.15) is 0 Å². The van der Waals surface area contributed by atoms with Gasteiger partial charge in [0, 0.05) is 6.04 Å². The van der Waals surface area contributed by atoms with E-state index in [-0.39, 0.29) is 0 Å². The minimum Gasteiger partial charge on any atom is -0.297 e. The first-order valence-corrected chi connectivity index (χ1v) is 7.85. The summed E-state index contributed by atoms with van der Waals surface area (Å²) in [5, 5.41) is 0. The standard InChI is InChI=1S/C16H29N/c1-2-3-12-16(15-10-6-4-7-11-15)17-13-8-5-9-14-17/h10,16H,2-9,11-14H2,1H3/t16-/m0/s1. The predicted octanol–water partition coefficient (Wildman–Crippen LogP) is 4.53. The molecule has 1 aliphatic heterocycles. The van der Waals surface area contributed by atoms with Gasteiger partial charge < -0.3 is 0 Å². The fraction of sp³-hybridized carbons (Fsp3) is 0.875. The molecule has 17 heavy (non-hydrogen) atoms. The Kier molecular flexibility index (Phi) is 5.57. The van der Waals surface area contributed by atoms with Gasteiger partial charge in [-0.25, -0.2) is 0 Å². The van der Waals surface area contributed by atoms with E-state index in [4.69, 9.17) is 0 Å². The van der Waals surface area contributed by atoms with Crippen molar-refractivity contribution in [2.45, 2.75) is 77.2 Å². The van der Waals surface area contributed by atoms with E-state index < -0.39 is 0 Å². The summed E-state index contributed by atoms with van der Waals surface area (Å²) in [6, 6.07) is 0.801. The van der Waals surface area contributed by atoms with Crippen LogP contribution in [0.15, 0.2) is 11.6 Å². The summed E-state index contributed by atoms with van der Waals surface area (Å²) in [6.07, 6.45) is 16.6. The number of piperidine rings is 1. The van der Waals surface area contributed by atoms with Crippen LogP contribution in [0.4, 0.5) is 0 Å². The number of hydrogen-bond donors (Lipinski definition) is 0. The van der Waals surface area contributed by atoms with Crippen LogP contribution in [0.2, 0.25) is 0 Å². The number of likely N-dealkylation sites (tertiary alicyclic amines) is 1. The van der Waals surface area contributed by atoms with Gasteiger partial charge in [-0.3, -0.25) is 4.90 Å². The summed E-state index contributed by atoms with van der Waals surface area (Å²) in [5.41, 5.74) is 1.78. The second-order valence-corrected chi connectivity index (χ2v) is 5.78. The van der Waals surface area contributed by atoms with Gasteiger partial charge in [-0.15, -0.1) is 0 Å². The molecule has 1 heterocycles. The third-order valence-corrected chi connectivity index (χ3v) is 4.42. The Labute approximate surface area is 107 Å². The molecule has 0 saturated carbocycles. The molecule has 1 atom stereocenters. The van der Waals surface area contributed by atoms with Gasteiger partial charge in [0.15, 0.2) is 0 Å². The highest BCUT2D eigenvalue weighted by atomic mass is 15.2. The molecule has 0 radical (unpaired) electrons. The van der Waals surface area contributed by atoms with Crippen LogP contribution < -0.4 is 0 Å². The van der Waals surface area contributed by atoms with Crippen molar-refractivity contribution < 1.29 is 0 Å². The van der Waals surface area contributed by atoms with Gasteiger partial charge in [-0.2, -0.15) is 0 Å². The molecule has 0 N–H and O–H groups in total. The van der Waals surface area contributed by atoms with Gasteiger partial charge in [0.2, 0.25) is 0 Å². The third-order valence-electron chi connectivity index (χ3n) is 4.42. The van der Waals surface area contributed by atoms with E-state index in [1.807, 2.05) is 0 Å². The van der Waals surface area contributed by atoms with Crippen LogP contribution in [0, 0.1) is 0 Å². The zero-order valence-corrected chi connectivity index (χ0v) is 11.6. The lowest BCUT2D eigenvalue weighted by molar-refractivity contribution is 0.170. The Balaban J connectivity index is 1.97. The first kappa shape index (κ1) is 13.1. The summed E-state index contributed by atoms with van der Waals surface area (Å²) >= 11 is 0. The van der Waals surface area contributed by atoms with Crippen LogP contribution in [0.25, 0.3) is 0 Å². The van der Waals surface area contributed by atoms with Gasteiger partial charge in [0.25, 0.3) is 0 Å². The average Bonchev–Trinajstić information content (AvgIpc) is 2.42. The zero-order valence-electron chi connectivity index (χ0n) is 11.6. The lowest BCUT2D eigenvalue weighted by Gasteiger charge is -2.37. The Morgan fingerprint density at radius 3 is 2.59 bits per heavy atom. The molecule has 1 aliphatic carbocycles. The molecule has 2 rings (SSSR count). The Morgan fingerprint density at radius 1 is 1.12 bits per heavy atom. The molecule has 2 aliphatic rings. The number of allylic oxidation sites excluding steroid dienone is 1. The van der Waals surface area contributed by atoms with E-state index in [2.05, 4.69) is 17.9 Å². The van der Waals surface area contributed by atoms with Gasteiger partial charge >= 0.3 is 0 Å². The normalized spacial score (nSPS) is 24.4. The Bertz CT molecular complexity index is 238. The first-order chi connectivity index (χ1) is 8.42. The molecule has 1 heteroatoms. The minimum absolute atomic E-state index is 0.801. The van der Waals surface area contributed by atoms with Crippen LogP contribution in [0.3, 0.4) is 0 Å². The highest BCUT2D eigenvalue weighted by molar-refractivity contribution is 5.13. The molecule has 1 saturated heterocycles. The molecule has 0 amide bonds. The minimum atomic E-state index is 0.801. The number of rotatable bonds is 5. The maximum absolute atomic E-state index is 2.79. The van der Waals surface area contributed by atoms with E-state index in [9.17, 15) is 0 Å². The largest absolute Gasteiger partial charge is 0.297 e. The van der Waals surface area contributed by atoms with Crippen molar-refractivity contribution in [1.29, 1.82) is 0 Å². The summed E-state index contributed by atoms with van der Waals surface area (Å²) in [7, 11) is 0. The molecule has 0 aromatic heterocycles. The molecule has 0 unspecified atom stereocenters. The van der Waals surface area contributed by atoms with Gasteiger partial charge in [-0.1, -0.05) is 37.8 Å². The Morgan fingerprint density at radius 2 is 1.94 bits per heavy atom. The second kappa shape index (κ2) is 7.20. The van der Waals surface area contributed by atoms with Crippen LogP contribution in [-0.4, -0.2) is 24.0 Å². The smallest absolute Gasteiger partial charge is 0.0307 e.